The normalized spacial score (nSPS) is 17.4. The summed E-state index contributed by atoms with van der Waals surface area (Å²) in [5.41, 5.74) is 3.84. The van der Waals surface area contributed by atoms with Gasteiger partial charge in [0.15, 0.2) is 0 Å². The summed E-state index contributed by atoms with van der Waals surface area (Å²) in [7, 11) is 1.72. The van der Waals surface area contributed by atoms with Crippen LogP contribution < -0.4 is 10.4 Å². The highest BCUT2D eigenvalue weighted by molar-refractivity contribution is 5.77. The lowest BCUT2D eigenvalue weighted by atomic mass is 9.84. The summed E-state index contributed by atoms with van der Waals surface area (Å²) in [5.74, 6) is 0.949. The molecule has 19 heavy (non-hydrogen) atoms. The van der Waals surface area contributed by atoms with Crippen LogP contribution in [0.1, 0.15) is 24.0 Å². The summed E-state index contributed by atoms with van der Waals surface area (Å²) in [5, 5.41) is 11.2. The van der Waals surface area contributed by atoms with Crippen LogP contribution in [0.4, 0.5) is 0 Å². The molecule has 0 radical (unpaired) electrons. The molecule has 94 valence electrons. The van der Waals surface area contributed by atoms with E-state index in [0.717, 1.165) is 30.2 Å². The third-order valence-electron chi connectivity index (χ3n) is 3.80. The highest BCUT2D eigenvalue weighted by Gasteiger charge is 2.20. The summed E-state index contributed by atoms with van der Waals surface area (Å²) in [4.78, 5) is 0. The largest absolute Gasteiger partial charge is 0.496 e. The van der Waals surface area contributed by atoms with Crippen molar-refractivity contribution in [2.45, 2.75) is 19.3 Å². The van der Waals surface area contributed by atoms with E-state index in [1.165, 1.54) is 21.9 Å². The number of allylic oxidation sites excluding steroid dienone is 3. The zero-order valence-corrected chi connectivity index (χ0v) is 10.9. The van der Waals surface area contributed by atoms with Crippen LogP contribution in [0.3, 0.4) is 0 Å². The van der Waals surface area contributed by atoms with E-state index in [0.29, 0.717) is 0 Å². The van der Waals surface area contributed by atoms with E-state index in [1.807, 2.05) is 18.2 Å². The maximum absolute atomic E-state index is 8.92. The fraction of sp³-hybridized carbons (Fsp3) is 0.235. The first-order valence-corrected chi connectivity index (χ1v) is 6.53. The van der Waals surface area contributed by atoms with Gasteiger partial charge in [-0.25, -0.2) is 0 Å². The Morgan fingerprint density at radius 2 is 2.21 bits per heavy atom. The Morgan fingerprint density at radius 3 is 3.00 bits per heavy atom. The Hall–Kier alpha value is -2.27. The van der Waals surface area contributed by atoms with Crippen LogP contribution in [0.25, 0.3) is 17.7 Å². The van der Waals surface area contributed by atoms with Gasteiger partial charge in [0.25, 0.3) is 0 Å². The summed E-state index contributed by atoms with van der Waals surface area (Å²) < 4.78 is 5.52. The van der Waals surface area contributed by atoms with Crippen molar-refractivity contribution in [3.63, 3.8) is 0 Å². The number of rotatable bonds is 1. The van der Waals surface area contributed by atoms with Gasteiger partial charge in [-0.05, 0) is 46.9 Å². The summed E-state index contributed by atoms with van der Waals surface area (Å²) in [6, 6.07) is 6.28. The Balaban J connectivity index is 2.42. The Kier molecular flexibility index (Phi) is 2.97. The minimum atomic E-state index is 0.949. The number of hydrogen-bond donors (Lipinski definition) is 0. The number of hydrogen-bond acceptors (Lipinski definition) is 2. The Morgan fingerprint density at radius 1 is 1.32 bits per heavy atom. The zero-order chi connectivity index (χ0) is 13.2. The number of ether oxygens (including phenoxy) is 1. The van der Waals surface area contributed by atoms with Crippen LogP contribution in [-0.4, -0.2) is 7.11 Å². The van der Waals surface area contributed by atoms with Crippen molar-refractivity contribution in [2.24, 2.45) is 0 Å². The fourth-order valence-corrected chi connectivity index (χ4v) is 3.00. The summed E-state index contributed by atoms with van der Waals surface area (Å²) in [6.45, 7) is 0. The van der Waals surface area contributed by atoms with Crippen LogP contribution in [0.15, 0.2) is 30.0 Å². The third-order valence-corrected chi connectivity index (χ3v) is 3.80. The second-order valence-corrected chi connectivity index (χ2v) is 4.80. The third kappa shape index (κ3) is 1.88. The van der Waals surface area contributed by atoms with Gasteiger partial charge in [0.1, 0.15) is 5.76 Å². The van der Waals surface area contributed by atoms with E-state index in [4.69, 9.17) is 10.00 Å². The van der Waals surface area contributed by atoms with Gasteiger partial charge in [0, 0.05) is 11.6 Å². The lowest BCUT2D eigenvalue weighted by Crippen LogP contribution is -2.24. The first-order chi connectivity index (χ1) is 9.35. The Bertz CT molecular complexity index is 745. The molecule has 1 aromatic carbocycles. The summed E-state index contributed by atoms with van der Waals surface area (Å²) >= 11 is 0. The van der Waals surface area contributed by atoms with Crippen molar-refractivity contribution in [1.29, 1.82) is 5.26 Å². The molecule has 0 saturated heterocycles. The van der Waals surface area contributed by atoms with Crippen molar-refractivity contribution in [3.8, 4) is 6.07 Å². The van der Waals surface area contributed by atoms with Crippen molar-refractivity contribution in [3.05, 3.63) is 51.6 Å². The van der Waals surface area contributed by atoms with Crippen molar-refractivity contribution >= 4 is 17.7 Å². The van der Waals surface area contributed by atoms with Gasteiger partial charge in [-0.15, -0.1) is 0 Å². The monoisotopic (exact) mass is 249 g/mol. The summed E-state index contributed by atoms with van der Waals surface area (Å²) in [6.07, 6.45) is 11.0. The second-order valence-electron chi connectivity index (χ2n) is 4.80. The molecule has 0 saturated carbocycles. The molecule has 0 fully saturated rings. The number of methoxy groups -OCH3 is 1. The Labute approximate surface area is 112 Å². The van der Waals surface area contributed by atoms with Crippen LogP contribution in [0.5, 0.6) is 0 Å². The van der Waals surface area contributed by atoms with Crippen LogP contribution in [-0.2, 0) is 11.2 Å². The van der Waals surface area contributed by atoms with E-state index < -0.39 is 0 Å². The number of nitriles is 1. The lowest BCUT2D eigenvalue weighted by molar-refractivity contribution is 0.307. The van der Waals surface area contributed by atoms with Crippen LogP contribution in [0, 0.1) is 11.3 Å². The maximum Gasteiger partial charge on any atom is 0.122 e. The molecular formula is C17H15NO. The molecule has 0 aliphatic heterocycles. The quantitative estimate of drug-likeness (QED) is 0.763. The van der Waals surface area contributed by atoms with Crippen LogP contribution >= 0.6 is 0 Å². The molecule has 2 nitrogen and oxygen atoms in total. The van der Waals surface area contributed by atoms with E-state index >= 15 is 0 Å². The second kappa shape index (κ2) is 4.78. The molecule has 2 aliphatic rings. The molecule has 0 amide bonds. The van der Waals surface area contributed by atoms with Gasteiger partial charge in [-0.1, -0.05) is 24.3 Å². The van der Waals surface area contributed by atoms with Crippen molar-refractivity contribution in [2.75, 3.05) is 7.11 Å². The predicted molar refractivity (Wildman–Crippen MR) is 76.2 cm³/mol. The van der Waals surface area contributed by atoms with Gasteiger partial charge in [0.2, 0.25) is 0 Å². The zero-order valence-electron chi connectivity index (χ0n) is 10.9. The minimum Gasteiger partial charge on any atom is -0.496 e. The smallest absolute Gasteiger partial charge is 0.122 e. The fourth-order valence-electron chi connectivity index (χ4n) is 3.00. The van der Waals surface area contributed by atoms with E-state index in [-0.39, 0.29) is 0 Å². The van der Waals surface area contributed by atoms with Gasteiger partial charge in [-0.2, -0.15) is 5.26 Å². The first-order valence-electron chi connectivity index (χ1n) is 6.53. The van der Waals surface area contributed by atoms with E-state index in [2.05, 4.69) is 18.2 Å². The molecule has 0 N–H and O–H groups in total. The van der Waals surface area contributed by atoms with Crippen molar-refractivity contribution < 1.29 is 4.74 Å². The molecule has 0 bridgehead atoms. The average Bonchev–Trinajstić information content (AvgIpc) is 2.63. The predicted octanol–water partition coefficient (Wildman–Crippen LogP) is 2.03. The highest BCUT2D eigenvalue weighted by Crippen LogP contribution is 2.31. The number of nitrogens with zero attached hydrogens (tertiary/aromatic N) is 1. The van der Waals surface area contributed by atoms with Gasteiger partial charge < -0.3 is 4.74 Å². The highest BCUT2D eigenvalue weighted by atomic mass is 16.5. The molecule has 0 spiro atoms. The van der Waals surface area contributed by atoms with Crippen LogP contribution in [0.2, 0.25) is 0 Å². The SMILES string of the molecule is COC1=C2CCCc3c2c(ccc3=CC#N)=CC=C1. The molecule has 0 aromatic heterocycles. The molecule has 2 aliphatic carbocycles. The molecule has 0 unspecified atom stereocenters. The van der Waals surface area contributed by atoms with Gasteiger partial charge in [-0.3, -0.25) is 0 Å². The molecule has 2 heteroatoms. The number of benzene rings is 1. The molecule has 1 aromatic rings. The van der Waals surface area contributed by atoms with Crippen molar-refractivity contribution in [1.82, 2.24) is 0 Å². The standard InChI is InChI=1S/C17H15NO/c1-19-16-7-2-4-13-9-8-12(10-11-18)14-5-3-6-15(16)17(13)14/h2,4,7-10H,3,5-6H2,1H3. The van der Waals surface area contributed by atoms with E-state index in [1.54, 1.807) is 13.2 Å². The maximum atomic E-state index is 8.92. The average molecular weight is 249 g/mol. The minimum absolute atomic E-state index is 0.949. The molecule has 0 heterocycles. The topological polar surface area (TPSA) is 33.0 Å². The lowest BCUT2D eigenvalue weighted by Gasteiger charge is -2.21. The van der Waals surface area contributed by atoms with Gasteiger partial charge >= 0.3 is 0 Å². The molecule has 3 rings (SSSR count). The molecule has 0 atom stereocenters. The van der Waals surface area contributed by atoms with E-state index in [9.17, 15) is 0 Å². The first kappa shape index (κ1) is 11.8. The molecular weight excluding hydrogens is 234 g/mol. The van der Waals surface area contributed by atoms with Gasteiger partial charge in [0.05, 0.1) is 13.2 Å².